The summed E-state index contributed by atoms with van der Waals surface area (Å²) in [6.45, 7) is 3.03. The van der Waals surface area contributed by atoms with Crippen molar-refractivity contribution in [1.82, 2.24) is 9.97 Å². The Morgan fingerprint density at radius 1 is 1.04 bits per heavy atom. The third kappa shape index (κ3) is 4.60. The van der Waals surface area contributed by atoms with Gasteiger partial charge in [-0.15, -0.1) is 0 Å². The minimum atomic E-state index is -4.53. The van der Waals surface area contributed by atoms with E-state index >= 15 is 0 Å². The van der Waals surface area contributed by atoms with Crippen LogP contribution in [0.1, 0.15) is 18.5 Å². The number of anilines is 4. The molecule has 0 atom stereocenters. The number of hydrogen-bond donors (Lipinski definition) is 2. The fourth-order valence-electron chi connectivity index (χ4n) is 2.86. The second-order valence-electron chi connectivity index (χ2n) is 6.65. The second kappa shape index (κ2) is 7.22. The number of morpholine rings is 1. The molecule has 6 nitrogen and oxygen atoms in total. The van der Waals surface area contributed by atoms with Crippen molar-refractivity contribution in [3.63, 3.8) is 0 Å². The van der Waals surface area contributed by atoms with E-state index in [-0.39, 0.29) is 17.8 Å². The third-order valence-corrected chi connectivity index (χ3v) is 4.44. The van der Waals surface area contributed by atoms with E-state index in [2.05, 4.69) is 25.5 Å². The van der Waals surface area contributed by atoms with Gasteiger partial charge in [-0.05, 0) is 37.1 Å². The van der Waals surface area contributed by atoms with E-state index in [0.29, 0.717) is 18.9 Å². The summed E-state index contributed by atoms with van der Waals surface area (Å²) in [6.07, 6.45) is -2.68. The molecular formula is C18H20F3N5O. The Kier molecular flexibility index (Phi) is 4.77. The summed E-state index contributed by atoms with van der Waals surface area (Å²) < 4.78 is 44.8. The third-order valence-electron chi connectivity index (χ3n) is 4.44. The van der Waals surface area contributed by atoms with Gasteiger partial charge < -0.3 is 20.3 Å². The molecule has 1 aliphatic heterocycles. The van der Waals surface area contributed by atoms with Gasteiger partial charge in [0.2, 0.25) is 5.95 Å². The number of alkyl halides is 3. The van der Waals surface area contributed by atoms with Gasteiger partial charge in [0.1, 0.15) is 5.82 Å². The van der Waals surface area contributed by atoms with Crippen LogP contribution in [0.2, 0.25) is 0 Å². The van der Waals surface area contributed by atoms with Gasteiger partial charge in [0, 0.05) is 36.6 Å². The number of halogens is 3. The lowest BCUT2D eigenvalue weighted by molar-refractivity contribution is -0.141. The van der Waals surface area contributed by atoms with Gasteiger partial charge >= 0.3 is 6.18 Å². The molecule has 2 fully saturated rings. The molecular weight excluding hydrogens is 359 g/mol. The van der Waals surface area contributed by atoms with Crippen molar-refractivity contribution in [2.45, 2.75) is 25.1 Å². The van der Waals surface area contributed by atoms with E-state index in [1.807, 2.05) is 24.3 Å². The normalized spacial score (nSPS) is 17.7. The molecule has 1 aromatic carbocycles. The average molecular weight is 379 g/mol. The lowest BCUT2D eigenvalue weighted by Crippen LogP contribution is -2.36. The smallest absolute Gasteiger partial charge is 0.378 e. The Bertz CT molecular complexity index is 787. The molecule has 1 aromatic heterocycles. The largest absolute Gasteiger partial charge is 0.433 e. The van der Waals surface area contributed by atoms with Crippen molar-refractivity contribution in [2.75, 3.05) is 41.8 Å². The van der Waals surface area contributed by atoms with E-state index in [9.17, 15) is 13.2 Å². The fourth-order valence-corrected chi connectivity index (χ4v) is 2.86. The Morgan fingerprint density at radius 2 is 1.74 bits per heavy atom. The summed E-state index contributed by atoms with van der Waals surface area (Å²) in [6, 6.07) is 8.61. The van der Waals surface area contributed by atoms with Gasteiger partial charge in [0.15, 0.2) is 5.69 Å². The zero-order chi connectivity index (χ0) is 18.9. The second-order valence-corrected chi connectivity index (χ2v) is 6.65. The first-order chi connectivity index (χ1) is 13.0. The molecule has 1 saturated carbocycles. The van der Waals surface area contributed by atoms with Gasteiger partial charge in [0.25, 0.3) is 0 Å². The van der Waals surface area contributed by atoms with Crippen LogP contribution < -0.4 is 15.5 Å². The summed E-state index contributed by atoms with van der Waals surface area (Å²) in [5.74, 6) is 0.111. The molecule has 0 amide bonds. The maximum absolute atomic E-state index is 13.1. The number of nitrogens with one attached hydrogen (secondary N) is 2. The maximum atomic E-state index is 13.1. The predicted octanol–water partition coefficient (Wildman–Crippen LogP) is 3.65. The van der Waals surface area contributed by atoms with Crippen LogP contribution in [0.3, 0.4) is 0 Å². The van der Waals surface area contributed by atoms with Crippen LogP contribution in [-0.4, -0.2) is 42.3 Å². The fraction of sp³-hybridized carbons (Fsp3) is 0.444. The van der Waals surface area contributed by atoms with E-state index in [1.54, 1.807) is 0 Å². The summed E-state index contributed by atoms with van der Waals surface area (Å²) >= 11 is 0. The van der Waals surface area contributed by atoms with Crippen molar-refractivity contribution in [3.8, 4) is 0 Å². The number of ether oxygens (including phenoxy) is 1. The number of rotatable bonds is 5. The lowest BCUT2D eigenvalue weighted by atomic mass is 10.2. The van der Waals surface area contributed by atoms with Gasteiger partial charge in [0.05, 0.1) is 13.2 Å². The Hall–Kier alpha value is -2.55. The molecule has 27 heavy (non-hydrogen) atoms. The van der Waals surface area contributed by atoms with Crippen LogP contribution in [0.4, 0.5) is 36.3 Å². The Labute approximate surface area is 154 Å². The summed E-state index contributed by atoms with van der Waals surface area (Å²) in [5.41, 5.74) is 0.753. The molecule has 0 radical (unpaired) electrons. The first-order valence-electron chi connectivity index (χ1n) is 8.90. The SMILES string of the molecule is FC(F)(F)c1cc(Nc2ccc(N3CCOCC3)cc2)nc(NC2CC2)n1. The highest BCUT2D eigenvalue weighted by Gasteiger charge is 2.34. The predicted molar refractivity (Wildman–Crippen MR) is 96.4 cm³/mol. The number of nitrogens with zero attached hydrogens (tertiary/aromatic N) is 3. The average Bonchev–Trinajstić information content (AvgIpc) is 3.46. The van der Waals surface area contributed by atoms with Crippen LogP contribution >= 0.6 is 0 Å². The summed E-state index contributed by atoms with van der Waals surface area (Å²) in [5, 5.41) is 5.87. The molecule has 2 heterocycles. The minimum Gasteiger partial charge on any atom is -0.378 e. The molecule has 2 N–H and O–H groups in total. The topological polar surface area (TPSA) is 62.3 Å². The Balaban J connectivity index is 1.52. The number of aromatic nitrogens is 2. The van der Waals surface area contributed by atoms with Crippen LogP contribution in [-0.2, 0) is 10.9 Å². The molecule has 2 aliphatic rings. The van der Waals surface area contributed by atoms with Crippen molar-refractivity contribution in [3.05, 3.63) is 36.0 Å². The highest BCUT2D eigenvalue weighted by molar-refractivity contribution is 5.62. The number of benzene rings is 1. The van der Waals surface area contributed by atoms with E-state index in [4.69, 9.17) is 4.74 Å². The molecule has 0 unspecified atom stereocenters. The van der Waals surface area contributed by atoms with Crippen LogP contribution in [0.25, 0.3) is 0 Å². The van der Waals surface area contributed by atoms with Crippen molar-refractivity contribution < 1.29 is 17.9 Å². The standard InChI is InChI=1S/C18H20F3N5O/c19-18(20,21)15-11-16(25-17(24-15)23-13-1-2-13)22-12-3-5-14(6-4-12)26-7-9-27-10-8-26/h3-6,11,13H,1-2,7-10H2,(H2,22,23,24,25). The summed E-state index contributed by atoms with van der Waals surface area (Å²) in [7, 11) is 0. The molecule has 0 bridgehead atoms. The highest BCUT2D eigenvalue weighted by atomic mass is 19.4. The Morgan fingerprint density at radius 3 is 2.37 bits per heavy atom. The lowest BCUT2D eigenvalue weighted by Gasteiger charge is -2.28. The monoisotopic (exact) mass is 379 g/mol. The quantitative estimate of drug-likeness (QED) is 0.827. The van der Waals surface area contributed by atoms with Gasteiger partial charge in [-0.2, -0.15) is 18.2 Å². The van der Waals surface area contributed by atoms with Crippen molar-refractivity contribution in [1.29, 1.82) is 0 Å². The van der Waals surface area contributed by atoms with E-state index in [0.717, 1.165) is 37.7 Å². The van der Waals surface area contributed by atoms with Crippen molar-refractivity contribution >= 4 is 23.1 Å². The molecule has 2 aromatic rings. The van der Waals surface area contributed by atoms with Gasteiger partial charge in [-0.25, -0.2) is 4.98 Å². The maximum Gasteiger partial charge on any atom is 0.433 e. The van der Waals surface area contributed by atoms with E-state index in [1.165, 1.54) is 0 Å². The van der Waals surface area contributed by atoms with Crippen molar-refractivity contribution in [2.24, 2.45) is 0 Å². The zero-order valence-electron chi connectivity index (χ0n) is 14.6. The molecule has 0 spiro atoms. The molecule has 144 valence electrons. The summed E-state index contributed by atoms with van der Waals surface area (Å²) in [4.78, 5) is 9.98. The zero-order valence-corrected chi connectivity index (χ0v) is 14.6. The first-order valence-corrected chi connectivity index (χ1v) is 8.90. The molecule has 1 saturated heterocycles. The van der Waals surface area contributed by atoms with Gasteiger partial charge in [-0.1, -0.05) is 0 Å². The van der Waals surface area contributed by atoms with Crippen LogP contribution in [0.15, 0.2) is 30.3 Å². The van der Waals surface area contributed by atoms with Crippen LogP contribution in [0, 0.1) is 0 Å². The molecule has 1 aliphatic carbocycles. The minimum absolute atomic E-state index is 0.000220. The first kappa shape index (κ1) is 17.8. The molecule has 9 heteroatoms. The molecule has 4 rings (SSSR count). The van der Waals surface area contributed by atoms with E-state index < -0.39 is 11.9 Å². The highest BCUT2D eigenvalue weighted by Crippen LogP contribution is 2.32. The number of hydrogen-bond acceptors (Lipinski definition) is 6. The van der Waals surface area contributed by atoms with Crippen LogP contribution in [0.5, 0.6) is 0 Å². The van der Waals surface area contributed by atoms with Gasteiger partial charge in [-0.3, -0.25) is 0 Å².